The Hall–Kier alpha value is -1.97. The van der Waals surface area contributed by atoms with Crippen LogP contribution >= 0.6 is 11.3 Å². The number of thiophene rings is 1. The molecule has 4 heterocycles. The standard InChI is InChI=1S/C16H18N4O3S2/c1-19-7-5-10-3-4-11(17-15(10)19)16(21)18-12-9-20(2)25(22,23)13-6-8-24-14(12)13/h3-4,6,8,12H,5,7,9H2,1-2H3,(H,18,21). The van der Waals surface area contributed by atoms with E-state index in [0.29, 0.717) is 10.6 Å². The summed E-state index contributed by atoms with van der Waals surface area (Å²) in [5.41, 5.74) is 1.49. The third-order valence-corrected chi connectivity index (χ3v) is 7.71. The zero-order chi connectivity index (χ0) is 17.8. The van der Waals surface area contributed by atoms with Crippen molar-refractivity contribution in [3.05, 3.63) is 39.7 Å². The van der Waals surface area contributed by atoms with Crippen LogP contribution in [0.15, 0.2) is 28.5 Å². The molecule has 132 valence electrons. The number of likely N-dealkylation sites (N-methyl/N-ethyl adjacent to an activating group) is 2. The molecule has 0 saturated carbocycles. The molecule has 1 unspecified atom stereocenters. The van der Waals surface area contributed by atoms with Crippen LogP contribution in [-0.4, -0.2) is 50.8 Å². The molecule has 25 heavy (non-hydrogen) atoms. The number of nitrogens with zero attached hydrogens (tertiary/aromatic N) is 3. The summed E-state index contributed by atoms with van der Waals surface area (Å²) in [6.07, 6.45) is 0.935. The number of hydrogen-bond donors (Lipinski definition) is 1. The molecule has 9 heteroatoms. The molecule has 0 aromatic carbocycles. The lowest BCUT2D eigenvalue weighted by molar-refractivity contribution is 0.0926. The number of sulfonamides is 1. The molecule has 0 spiro atoms. The van der Waals surface area contributed by atoms with E-state index in [4.69, 9.17) is 0 Å². The van der Waals surface area contributed by atoms with E-state index in [1.165, 1.54) is 22.7 Å². The maximum atomic E-state index is 12.7. The van der Waals surface area contributed by atoms with Crippen molar-refractivity contribution in [1.82, 2.24) is 14.6 Å². The molecular weight excluding hydrogens is 360 g/mol. The van der Waals surface area contributed by atoms with Gasteiger partial charge in [0.1, 0.15) is 11.5 Å². The summed E-state index contributed by atoms with van der Waals surface area (Å²) < 4.78 is 25.9. The molecule has 0 aliphatic carbocycles. The summed E-state index contributed by atoms with van der Waals surface area (Å²) in [4.78, 5) is 20.1. The highest BCUT2D eigenvalue weighted by Crippen LogP contribution is 2.35. The number of carbonyl (C=O) groups is 1. The Morgan fingerprint density at radius 1 is 1.32 bits per heavy atom. The van der Waals surface area contributed by atoms with Gasteiger partial charge in [0.05, 0.1) is 10.9 Å². The number of pyridine rings is 1. The number of amides is 1. The Balaban J connectivity index is 1.61. The smallest absolute Gasteiger partial charge is 0.270 e. The van der Waals surface area contributed by atoms with Crippen LogP contribution in [0.4, 0.5) is 5.82 Å². The van der Waals surface area contributed by atoms with Gasteiger partial charge in [0, 0.05) is 32.1 Å². The lowest BCUT2D eigenvalue weighted by Crippen LogP contribution is -2.43. The largest absolute Gasteiger partial charge is 0.359 e. The van der Waals surface area contributed by atoms with E-state index in [-0.39, 0.29) is 23.4 Å². The maximum Gasteiger partial charge on any atom is 0.270 e. The van der Waals surface area contributed by atoms with Crippen molar-refractivity contribution in [1.29, 1.82) is 0 Å². The first-order chi connectivity index (χ1) is 11.9. The Bertz CT molecular complexity index is 954. The van der Waals surface area contributed by atoms with E-state index in [9.17, 15) is 13.2 Å². The monoisotopic (exact) mass is 378 g/mol. The number of fused-ring (bicyclic) bond motifs is 2. The predicted molar refractivity (Wildman–Crippen MR) is 95.6 cm³/mol. The SMILES string of the molecule is CN1CCc2ccc(C(=O)NC3CN(C)S(=O)(=O)c4ccsc43)nc21. The first-order valence-corrected chi connectivity index (χ1v) is 10.3. The number of aromatic nitrogens is 1. The Morgan fingerprint density at radius 3 is 2.92 bits per heavy atom. The maximum absolute atomic E-state index is 12.7. The minimum atomic E-state index is -3.46. The number of nitrogens with one attached hydrogen (secondary N) is 1. The van der Waals surface area contributed by atoms with Crippen LogP contribution < -0.4 is 10.2 Å². The van der Waals surface area contributed by atoms with E-state index in [2.05, 4.69) is 10.3 Å². The van der Waals surface area contributed by atoms with Crippen LogP contribution in [0.5, 0.6) is 0 Å². The summed E-state index contributed by atoms with van der Waals surface area (Å²) in [5.74, 6) is 0.549. The van der Waals surface area contributed by atoms with Crippen molar-refractivity contribution in [2.45, 2.75) is 17.4 Å². The van der Waals surface area contributed by atoms with E-state index in [1.54, 1.807) is 17.5 Å². The fraction of sp³-hybridized carbons (Fsp3) is 0.375. The second-order valence-corrected chi connectivity index (χ2v) is 9.27. The minimum absolute atomic E-state index is 0.215. The first kappa shape index (κ1) is 16.5. The van der Waals surface area contributed by atoms with Crippen molar-refractivity contribution in [3.8, 4) is 0 Å². The summed E-state index contributed by atoms with van der Waals surface area (Å²) in [6.45, 7) is 1.11. The summed E-state index contributed by atoms with van der Waals surface area (Å²) in [6, 6.07) is 4.89. The molecule has 0 fully saturated rings. The first-order valence-electron chi connectivity index (χ1n) is 7.93. The van der Waals surface area contributed by atoms with E-state index in [1.807, 2.05) is 18.0 Å². The second-order valence-electron chi connectivity index (χ2n) is 6.31. The van der Waals surface area contributed by atoms with E-state index >= 15 is 0 Å². The highest BCUT2D eigenvalue weighted by Gasteiger charge is 2.36. The van der Waals surface area contributed by atoms with Crippen molar-refractivity contribution in [2.75, 3.05) is 32.1 Å². The molecule has 0 radical (unpaired) electrons. The number of rotatable bonds is 2. The highest BCUT2D eigenvalue weighted by molar-refractivity contribution is 7.89. The molecular formula is C16H18N4O3S2. The van der Waals surface area contributed by atoms with Crippen LogP contribution in [-0.2, 0) is 16.4 Å². The molecule has 1 atom stereocenters. The summed E-state index contributed by atoms with van der Waals surface area (Å²) in [5, 5.41) is 4.68. The predicted octanol–water partition coefficient (Wildman–Crippen LogP) is 1.24. The van der Waals surface area contributed by atoms with Crippen LogP contribution in [0, 0.1) is 0 Å². The van der Waals surface area contributed by atoms with Gasteiger partial charge in [-0.2, -0.15) is 4.31 Å². The highest BCUT2D eigenvalue weighted by atomic mass is 32.2. The number of anilines is 1. The molecule has 2 aromatic rings. The average Bonchev–Trinajstić information content (AvgIpc) is 3.21. The van der Waals surface area contributed by atoms with Crippen LogP contribution in [0.3, 0.4) is 0 Å². The normalized spacial score (nSPS) is 21.7. The zero-order valence-electron chi connectivity index (χ0n) is 13.9. The Morgan fingerprint density at radius 2 is 2.12 bits per heavy atom. The average molecular weight is 378 g/mol. The van der Waals surface area contributed by atoms with Crippen molar-refractivity contribution < 1.29 is 13.2 Å². The van der Waals surface area contributed by atoms with Gasteiger partial charge in [0.15, 0.2) is 0 Å². The van der Waals surface area contributed by atoms with Crippen LogP contribution in [0.1, 0.15) is 27.0 Å². The van der Waals surface area contributed by atoms with Gasteiger partial charge in [-0.3, -0.25) is 4.79 Å². The van der Waals surface area contributed by atoms with Gasteiger partial charge in [-0.05, 0) is 29.5 Å². The third-order valence-electron chi connectivity index (χ3n) is 4.67. The van der Waals surface area contributed by atoms with E-state index < -0.39 is 10.0 Å². The topological polar surface area (TPSA) is 82.6 Å². The Kier molecular flexibility index (Phi) is 3.82. The van der Waals surface area contributed by atoms with Gasteiger partial charge < -0.3 is 10.2 Å². The fourth-order valence-corrected chi connectivity index (χ4v) is 5.95. The summed E-state index contributed by atoms with van der Waals surface area (Å²) >= 11 is 1.35. The molecule has 2 aromatic heterocycles. The quantitative estimate of drug-likeness (QED) is 0.850. The van der Waals surface area contributed by atoms with Gasteiger partial charge >= 0.3 is 0 Å². The molecule has 1 N–H and O–H groups in total. The molecule has 4 rings (SSSR count). The van der Waals surface area contributed by atoms with Crippen molar-refractivity contribution in [3.63, 3.8) is 0 Å². The van der Waals surface area contributed by atoms with Crippen LogP contribution in [0.25, 0.3) is 0 Å². The lowest BCUT2D eigenvalue weighted by atomic mass is 10.2. The number of carbonyl (C=O) groups excluding carboxylic acids is 1. The van der Waals surface area contributed by atoms with Gasteiger partial charge in [-0.25, -0.2) is 13.4 Å². The Labute approximate surface area is 150 Å². The minimum Gasteiger partial charge on any atom is -0.359 e. The van der Waals surface area contributed by atoms with Crippen molar-refractivity contribution in [2.24, 2.45) is 0 Å². The molecule has 0 bridgehead atoms. The summed E-state index contributed by atoms with van der Waals surface area (Å²) in [7, 11) is 0.0273. The van der Waals surface area contributed by atoms with E-state index in [0.717, 1.165) is 24.3 Å². The number of hydrogen-bond acceptors (Lipinski definition) is 6. The molecule has 1 amide bonds. The fourth-order valence-electron chi connectivity index (χ4n) is 3.25. The van der Waals surface area contributed by atoms with Gasteiger partial charge in [0.2, 0.25) is 10.0 Å². The van der Waals surface area contributed by atoms with Gasteiger partial charge in [0.25, 0.3) is 5.91 Å². The molecule has 2 aliphatic rings. The molecule has 0 saturated heterocycles. The third kappa shape index (κ3) is 2.62. The second kappa shape index (κ2) is 5.79. The van der Waals surface area contributed by atoms with Crippen molar-refractivity contribution >= 4 is 33.1 Å². The van der Waals surface area contributed by atoms with Crippen LogP contribution in [0.2, 0.25) is 0 Å². The lowest BCUT2D eigenvalue weighted by Gasteiger charge is -2.29. The van der Waals surface area contributed by atoms with Gasteiger partial charge in [-0.1, -0.05) is 6.07 Å². The van der Waals surface area contributed by atoms with Gasteiger partial charge in [-0.15, -0.1) is 11.3 Å². The molecule has 2 aliphatic heterocycles. The molecule has 7 nitrogen and oxygen atoms in total. The zero-order valence-corrected chi connectivity index (χ0v) is 15.5.